The van der Waals surface area contributed by atoms with Crippen molar-refractivity contribution in [3.8, 4) is 0 Å². The SMILES string of the molecule is CN(C)C(=O)CN=C(NCCc1ccccc1)NCCc1ccc(Cl)cc1. The fraction of sp³-hybridized carbons (Fsp3) is 0.333. The summed E-state index contributed by atoms with van der Waals surface area (Å²) in [4.78, 5) is 17.8. The first-order valence-electron chi connectivity index (χ1n) is 9.05. The number of rotatable bonds is 8. The Morgan fingerprint density at radius 2 is 1.48 bits per heavy atom. The van der Waals surface area contributed by atoms with E-state index in [-0.39, 0.29) is 12.5 Å². The summed E-state index contributed by atoms with van der Waals surface area (Å²) in [7, 11) is 3.46. The Morgan fingerprint density at radius 1 is 0.926 bits per heavy atom. The van der Waals surface area contributed by atoms with E-state index in [9.17, 15) is 4.79 Å². The number of guanidine groups is 1. The highest BCUT2D eigenvalue weighted by atomic mass is 35.5. The molecule has 5 nitrogen and oxygen atoms in total. The summed E-state index contributed by atoms with van der Waals surface area (Å²) < 4.78 is 0. The van der Waals surface area contributed by atoms with Crippen LogP contribution in [0.4, 0.5) is 0 Å². The van der Waals surface area contributed by atoms with Crippen LogP contribution in [0.5, 0.6) is 0 Å². The molecule has 6 heteroatoms. The van der Waals surface area contributed by atoms with Gasteiger partial charge in [-0.3, -0.25) is 4.79 Å². The Morgan fingerprint density at radius 3 is 2.04 bits per heavy atom. The molecule has 0 aliphatic rings. The molecule has 0 unspecified atom stereocenters. The third kappa shape index (κ3) is 8.13. The highest BCUT2D eigenvalue weighted by Gasteiger charge is 2.05. The van der Waals surface area contributed by atoms with Gasteiger partial charge < -0.3 is 15.5 Å². The van der Waals surface area contributed by atoms with Gasteiger partial charge in [-0.15, -0.1) is 0 Å². The number of aliphatic imine (C=N–C) groups is 1. The number of nitrogens with one attached hydrogen (secondary N) is 2. The number of nitrogens with zero attached hydrogens (tertiary/aromatic N) is 2. The van der Waals surface area contributed by atoms with Crippen LogP contribution in [0.2, 0.25) is 5.02 Å². The zero-order valence-electron chi connectivity index (χ0n) is 15.9. The average molecular weight is 387 g/mol. The van der Waals surface area contributed by atoms with Crippen LogP contribution in [-0.2, 0) is 17.6 Å². The lowest BCUT2D eigenvalue weighted by molar-refractivity contribution is -0.127. The number of hydrogen-bond donors (Lipinski definition) is 2. The highest BCUT2D eigenvalue weighted by molar-refractivity contribution is 6.30. The predicted octanol–water partition coefficient (Wildman–Crippen LogP) is 2.75. The maximum atomic E-state index is 11.8. The fourth-order valence-corrected chi connectivity index (χ4v) is 2.53. The minimum atomic E-state index is -0.0307. The molecule has 0 saturated carbocycles. The lowest BCUT2D eigenvalue weighted by Gasteiger charge is -2.14. The summed E-state index contributed by atoms with van der Waals surface area (Å²) in [5.74, 6) is 0.618. The van der Waals surface area contributed by atoms with Crippen LogP contribution >= 0.6 is 11.6 Å². The van der Waals surface area contributed by atoms with E-state index in [0.717, 1.165) is 31.0 Å². The number of halogens is 1. The van der Waals surface area contributed by atoms with Crippen LogP contribution in [0.1, 0.15) is 11.1 Å². The van der Waals surface area contributed by atoms with Crippen LogP contribution in [-0.4, -0.2) is 50.5 Å². The normalized spacial score (nSPS) is 11.1. The summed E-state index contributed by atoms with van der Waals surface area (Å²) >= 11 is 5.92. The van der Waals surface area contributed by atoms with Gasteiger partial charge in [-0.2, -0.15) is 0 Å². The molecule has 0 spiro atoms. The van der Waals surface area contributed by atoms with Gasteiger partial charge in [0.2, 0.25) is 5.91 Å². The quantitative estimate of drug-likeness (QED) is 0.541. The van der Waals surface area contributed by atoms with Crippen molar-refractivity contribution >= 4 is 23.5 Å². The first kappa shape index (κ1) is 20.8. The molecule has 144 valence electrons. The van der Waals surface area contributed by atoms with E-state index in [1.54, 1.807) is 19.0 Å². The molecule has 1 amide bonds. The van der Waals surface area contributed by atoms with Crippen LogP contribution in [0, 0.1) is 0 Å². The Labute approximate surface area is 166 Å². The number of hydrogen-bond acceptors (Lipinski definition) is 2. The molecule has 2 rings (SSSR count). The Kier molecular flexibility index (Phi) is 8.65. The lowest BCUT2D eigenvalue weighted by atomic mass is 10.1. The second kappa shape index (κ2) is 11.2. The van der Waals surface area contributed by atoms with Crippen LogP contribution in [0.15, 0.2) is 59.6 Å². The van der Waals surface area contributed by atoms with Crippen molar-refractivity contribution in [1.29, 1.82) is 0 Å². The van der Waals surface area contributed by atoms with E-state index in [0.29, 0.717) is 5.96 Å². The Balaban J connectivity index is 1.86. The lowest BCUT2D eigenvalue weighted by Crippen LogP contribution is -2.40. The van der Waals surface area contributed by atoms with E-state index in [4.69, 9.17) is 11.6 Å². The number of benzene rings is 2. The average Bonchev–Trinajstić information content (AvgIpc) is 2.67. The zero-order valence-corrected chi connectivity index (χ0v) is 16.7. The second-order valence-corrected chi connectivity index (χ2v) is 6.86. The molecule has 0 bridgehead atoms. The summed E-state index contributed by atoms with van der Waals surface area (Å²) in [5.41, 5.74) is 2.45. The van der Waals surface area contributed by atoms with Gasteiger partial charge in [-0.25, -0.2) is 4.99 Å². The number of carbonyl (C=O) groups excluding carboxylic acids is 1. The molecule has 0 aliphatic heterocycles. The molecule has 0 aliphatic carbocycles. The summed E-state index contributed by atoms with van der Waals surface area (Å²) in [6.07, 6.45) is 1.73. The monoisotopic (exact) mass is 386 g/mol. The molecule has 0 heterocycles. The van der Waals surface area contributed by atoms with E-state index in [1.165, 1.54) is 11.1 Å². The third-order valence-corrected chi connectivity index (χ3v) is 4.29. The van der Waals surface area contributed by atoms with Crippen molar-refractivity contribution in [3.05, 3.63) is 70.7 Å². The van der Waals surface area contributed by atoms with Crippen LogP contribution < -0.4 is 10.6 Å². The number of carbonyl (C=O) groups is 1. The molecule has 0 atom stereocenters. The fourth-order valence-electron chi connectivity index (χ4n) is 2.41. The van der Waals surface area contributed by atoms with Gasteiger partial charge in [0.1, 0.15) is 6.54 Å². The molecule has 0 aromatic heterocycles. The molecule has 0 fully saturated rings. The van der Waals surface area contributed by atoms with Gasteiger partial charge in [0.05, 0.1) is 0 Å². The molecule has 0 saturated heterocycles. The molecule has 2 N–H and O–H groups in total. The summed E-state index contributed by atoms with van der Waals surface area (Å²) in [6.45, 7) is 1.58. The minimum absolute atomic E-state index is 0.0307. The molecular formula is C21H27ClN4O. The zero-order chi connectivity index (χ0) is 19.5. The van der Waals surface area contributed by atoms with Crippen molar-refractivity contribution < 1.29 is 4.79 Å². The maximum absolute atomic E-state index is 11.8. The van der Waals surface area contributed by atoms with Gasteiger partial charge in [-0.1, -0.05) is 54.1 Å². The van der Waals surface area contributed by atoms with Crippen molar-refractivity contribution in [2.45, 2.75) is 12.8 Å². The third-order valence-electron chi connectivity index (χ3n) is 4.04. The first-order valence-corrected chi connectivity index (χ1v) is 9.43. The summed E-state index contributed by atoms with van der Waals surface area (Å²) in [5, 5.41) is 7.34. The minimum Gasteiger partial charge on any atom is -0.356 e. The standard InChI is InChI=1S/C21H27ClN4O/c1-26(2)20(27)16-25-21(23-14-12-17-6-4-3-5-7-17)24-15-13-18-8-10-19(22)11-9-18/h3-11H,12-16H2,1-2H3,(H2,23,24,25). The van der Waals surface area contributed by atoms with Crippen molar-refractivity contribution in [1.82, 2.24) is 15.5 Å². The van der Waals surface area contributed by atoms with E-state index >= 15 is 0 Å². The smallest absolute Gasteiger partial charge is 0.243 e. The number of likely N-dealkylation sites (N-methyl/N-ethyl adjacent to an activating group) is 1. The van der Waals surface area contributed by atoms with Crippen LogP contribution in [0.3, 0.4) is 0 Å². The molecular weight excluding hydrogens is 360 g/mol. The van der Waals surface area contributed by atoms with E-state index in [1.807, 2.05) is 42.5 Å². The molecule has 27 heavy (non-hydrogen) atoms. The van der Waals surface area contributed by atoms with Gasteiger partial charge >= 0.3 is 0 Å². The van der Waals surface area contributed by atoms with Crippen molar-refractivity contribution in [3.63, 3.8) is 0 Å². The largest absolute Gasteiger partial charge is 0.356 e. The van der Waals surface area contributed by atoms with Gasteiger partial charge in [0.15, 0.2) is 5.96 Å². The molecule has 2 aromatic rings. The van der Waals surface area contributed by atoms with Crippen LogP contribution in [0.25, 0.3) is 0 Å². The first-order chi connectivity index (χ1) is 13.0. The Bertz CT molecular complexity index is 730. The second-order valence-electron chi connectivity index (χ2n) is 6.42. The van der Waals surface area contributed by atoms with Gasteiger partial charge in [-0.05, 0) is 36.1 Å². The molecule has 2 aromatic carbocycles. The van der Waals surface area contributed by atoms with E-state index < -0.39 is 0 Å². The summed E-state index contributed by atoms with van der Waals surface area (Å²) in [6, 6.07) is 18.1. The highest BCUT2D eigenvalue weighted by Crippen LogP contribution is 2.09. The van der Waals surface area contributed by atoms with Crippen molar-refractivity contribution in [2.24, 2.45) is 4.99 Å². The van der Waals surface area contributed by atoms with Crippen molar-refractivity contribution in [2.75, 3.05) is 33.7 Å². The molecule has 0 radical (unpaired) electrons. The predicted molar refractivity (Wildman–Crippen MR) is 112 cm³/mol. The maximum Gasteiger partial charge on any atom is 0.243 e. The van der Waals surface area contributed by atoms with Gasteiger partial charge in [0.25, 0.3) is 0 Å². The Hall–Kier alpha value is -2.53. The van der Waals surface area contributed by atoms with E-state index in [2.05, 4.69) is 27.8 Å². The topological polar surface area (TPSA) is 56.7 Å². The number of amides is 1. The van der Waals surface area contributed by atoms with Gasteiger partial charge in [0, 0.05) is 32.2 Å².